The molecule has 5 rings (SSSR count). The average Bonchev–Trinajstić information content (AvgIpc) is 2.98. The lowest BCUT2D eigenvalue weighted by molar-refractivity contribution is 0.0926. The van der Waals surface area contributed by atoms with Gasteiger partial charge in [0, 0.05) is 10.9 Å². The van der Waals surface area contributed by atoms with E-state index in [0.717, 1.165) is 16.5 Å². The summed E-state index contributed by atoms with van der Waals surface area (Å²) in [4.78, 5) is 32.0. The largest absolute Gasteiger partial charge is 0.268 e. The number of carbonyl (C=O) groups excluding carboxylic acids is 2. The van der Waals surface area contributed by atoms with Crippen LogP contribution < -0.4 is 4.90 Å². The van der Waals surface area contributed by atoms with Gasteiger partial charge in [-0.3, -0.25) is 9.59 Å². The van der Waals surface area contributed by atoms with E-state index in [2.05, 4.69) is 0 Å². The molecule has 1 aliphatic rings. The van der Waals surface area contributed by atoms with Crippen molar-refractivity contribution in [3.05, 3.63) is 96.1 Å². The number of amides is 2. The number of imide groups is 1. The van der Waals surface area contributed by atoms with Crippen LogP contribution in [0.25, 0.3) is 22.2 Å². The predicted molar refractivity (Wildman–Crippen MR) is 105 cm³/mol. The number of anilines is 1. The second-order valence-corrected chi connectivity index (χ2v) is 6.41. The van der Waals surface area contributed by atoms with Crippen LogP contribution in [-0.2, 0) is 0 Å². The van der Waals surface area contributed by atoms with Crippen LogP contribution in [0.5, 0.6) is 0 Å². The minimum atomic E-state index is -0.315. The van der Waals surface area contributed by atoms with Crippen LogP contribution >= 0.6 is 0 Å². The molecule has 0 atom stereocenters. The number of hydrogen-bond donors (Lipinski definition) is 0. The van der Waals surface area contributed by atoms with Crippen molar-refractivity contribution in [2.75, 3.05) is 4.90 Å². The van der Waals surface area contributed by atoms with Crippen LogP contribution in [0.4, 0.5) is 5.69 Å². The summed E-state index contributed by atoms with van der Waals surface area (Å²) < 4.78 is 0. The third-order valence-electron chi connectivity index (χ3n) is 4.79. The number of para-hydroxylation sites is 1. The zero-order chi connectivity index (χ0) is 18.4. The van der Waals surface area contributed by atoms with Gasteiger partial charge in [0.05, 0.1) is 28.0 Å². The van der Waals surface area contributed by atoms with E-state index < -0.39 is 0 Å². The van der Waals surface area contributed by atoms with E-state index in [1.54, 1.807) is 24.3 Å². The van der Waals surface area contributed by atoms with Gasteiger partial charge in [0.1, 0.15) is 0 Å². The van der Waals surface area contributed by atoms with Crippen molar-refractivity contribution in [2.45, 2.75) is 0 Å². The maximum Gasteiger partial charge on any atom is 0.266 e. The minimum Gasteiger partial charge on any atom is -0.268 e. The van der Waals surface area contributed by atoms with Crippen LogP contribution in [0, 0.1) is 0 Å². The molecule has 0 bridgehead atoms. The highest BCUT2D eigenvalue weighted by Crippen LogP contribution is 2.36. The summed E-state index contributed by atoms with van der Waals surface area (Å²) in [5.74, 6) is -0.630. The summed E-state index contributed by atoms with van der Waals surface area (Å²) in [6, 6.07) is 26.1. The lowest BCUT2D eigenvalue weighted by atomic mass is 10.1. The Hall–Kier alpha value is -3.79. The molecule has 4 aromatic rings. The molecule has 0 aliphatic carbocycles. The molecule has 0 saturated heterocycles. The molecule has 3 aromatic carbocycles. The van der Waals surface area contributed by atoms with Crippen LogP contribution in [0.3, 0.4) is 0 Å². The van der Waals surface area contributed by atoms with Crippen molar-refractivity contribution in [2.24, 2.45) is 0 Å². The summed E-state index contributed by atoms with van der Waals surface area (Å²) in [5, 5.41) is 0.878. The first-order valence-electron chi connectivity index (χ1n) is 8.67. The van der Waals surface area contributed by atoms with Crippen molar-refractivity contribution < 1.29 is 9.59 Å². The molecular formula is C23H14N2O2. The van der Waals surface area contributed by atoms with Crippen molar-refractivity contribution in [3.63, 3.8) is 0 Å². The standard InChI is InChI=1S/C23H14N2O2/c26-22-17-11-5-6-12-18(17)23(27)25(22)20-14-16-10-4-7-13-19(16)24-21(20)15-8-2-1-3-9-15/h1-14H. The molecule has 0 spiro atoms. The zero-order valence-electron chi connectivity index (χ0n) is 14.3. The smallest absolute Gasteiger partial charge is 0.266 e. The van der Waals surface area contributed by atoms with Crippen LogP contribution in [0.15, 0.2) is 84.9 Å². The molecule has 4 nitrogen and oxygen atoms in total. The number of aromatic nitrogens is 1. The Bertz CT molecular complexity index is 1180. The van der Waals surface area contributed by atoms with Gasteiger partial charge in [-0.05, 0) is 24.3 Å². The number of pyridine rings is 1. The highest BCUT2D eigenvalue weighted by atomic mass is 16.2. The van der Waals surface area contributed by atoms with Gasteiger partial charge >= 0.3 is 0 Å². The second-order valence-electron chi connectivity index (χ2n) is 6.41. The molecular weight excluding hydrogens is 336 g/mol. The van der Waals surface area contributed by atoms with Gasteiger partial charge in [0.2, 0.25) is 0 Å². The fraction of sp³-hybridized carbons (Fsp3) is 0. The van der Waals surface area contributed by atoms with Crippen molar-refractivity contribution in [3.8, 4) is 11.3 Å². The second kappa shape index (κ2) is 5.88. The van der Waals surface area contributed by atoms with E-state index in [1.165, 1.54) is 4.90 Å². The first-order valence-corrected chi connectivity index (χ1v) is 8.67. The summed E-state index contributed by atoms with van der Waals surface area (Å²) in [7, 11) is 0. The number of nitrogens with zero attached hydrogens (tertiary/aromatic N) is 2. The number of carbonyl (C=O) groups is 2. The van der Waals surface area contributed by atoms with Crippen LogP contribution in [0.2, 0.25) is 0 Å². The third kappa shape index (κ3) is 2.34. The highest BCUT2D eigenvalue weighted by molar-refractivity contribution is 6.35. The minimum absolute atomic E-state index is 0.315. The van der Waals surface area contributed by atoms with Crippen molar-refractivity contribution in [1.82, 2.24) is 4.98 Å². The summed E-state index contributed by atoms with van der Waals surface area (Å²) in [5.41, 5.74) is 3.64. The number of benzene rings is 3. The first kappa shape index (κ1) is 15.5. The van der Waals surface area contributed by atoms with Crippen molar-refractivity contribution >= 4 is 28.4 Å². The van der Waals surface area contributed by atoms with Gasteiger partial charge in [0.15, 0.2) is 0 Å². The van der Waals surface area contributed by atoms with E-state index in [4.69, 9.17) is 4.98 Å². The first-order chi connectivity index (χ1) is 13.2. The molecule has 0 saturated carbocycles. The number of rotatable bonds is 2. The Morgan fingerprint density at radius 1 is 0.667 bits per heavy atom. The molecule has 4 heteroatoms. The molecule has 2 heterocycles. The topological polar surface area (TPSA) is 50.3 Å². The zero-order valence-corrected chi connectivity index (χ0v) is 14.3. The highest BCUT2D eigenvalue weighted by Gasteiger charge is 2.38. The van der Waals surface area contributed by atoms with Crippen LogP contribution in [-0.4, -0.2) is 16.8 Å². The van der Waals surface area contributed by atoms with E-state index in [0.29, 0.717) is 22.5 Å². The van der Waals surface area contributed by atoms with Crippen LogP contribution in [0.1, 0.15) is 20.7 Å². The fourth-order valence-electron chi connectivity index (χ4n) is 3.49. The quantitative estimate of drug-likeness (QED) is 0.492. The predicted octanol–water partition coefficient (Wildman–Crippen LogP) is 4.70. The van der Waals surface area contributed by atoms with Crippen molar-refractivity contribution in [1.29, 1.82) is 0 Å². The van der Waals surface area contributed by atoms with E-state index >= 15 is 0 Å². The van der Waals surface area contributed by atoms with E-state index in [9.17, 15) is 9.59 Å². The SMILES string of the molecule is O=C1c2ccccc2C(=O)N1c1cc2ccccc2nc1-c1ccccc1. The van der Waals surface area contributed by atoms with E-state index in [1.807, 2.05) is 60.7 Å². The molecule has 128 valence electrons. The lowest BCUT2D eigenvalue weighted by Gasteiger charge is -2.18. The maximum atomic E-state index is 13.0. The molecule has 0 fully saturated rings. The van der Waals surface area contributed by atoms with Gasteiger partial charge in [-0.2, -0.15) is 0 Å². The summed E-state index contributed by atoms with van der Waals surface area (Å²) in [6.45, 7) is 0. The maximum absolute atomic E-state index is 13.0. The molecule has 2 amide bonds. The molecule has 1 aliphatic heterocycles. The van der Waals surface area contributed by atoms with Gasteiger partial charge in [-0.25, -0.2) is 9.88 Å². The normalized spacial score (nSPS) is 13.3. The fourth-order valence-corrected chi connectivity index (χ4v) is 3.49. The molecule has 0 unspecified atom stereocenters. The Labute approximate surface area is 155 Å². The molecule has 27 heavy (non-hydrogen) atoms. The third-order valence-corrected chi connectivity index (χ3v) is 4.79. The molecule has 0 N–H and O–H groups in total. The van der Waals surface area contributed by atoms with Gasteiger partial charge in [-0.15, -0.1) is 0 Å². The number of fused-ring (bicyclic) bond motifs is 2. The molecule has 0 radical (unpaired) electrons. The number of hydrogen-bond acceptors (Lipinski definition) is 3. The Morgan fingerprint density at radius 3 is 1.96 bits per heavy atom. The van der Waals surface area contributed by atoms with Gasteiger partial charge in [-0.1, -0.05) is 60.7 Å². The lowest BCUT2D eigenvalue weighted by Crippen LogP contribution is -2.30. The summed E-state index contributed by atoms with van der Waals surface area (Å²) >= 11 is 0. The van der Waals surface area contributed by atoms with Gasteiger partial charge < -0.3 is 0 Å². The Morgan fingerprint density at radius 2 is 1.26 bits per heavy atom. The van der Waals surface area contributed by atoms with E-state index in [-0.39, 0.29) is 11.8 Å². The van der Waals surface area contributed by atoms with Gasteiger partial charge in [0.25, 0.3) is 11.8 Å². The monoisotopic (exact) mass is 350 g/mol. The Balaban J connectivity index is 1.78. The summed E-state index contributed by atoms with van der Waals surface area (Å²) in [6.07, 6.45) is 0. The molecule has 1 aromatic heterocycles. The average molecular weight is 350 g/mol. The Kier molecular flexibility index (Phi) is 3.37.